The molecule has 2 N–H and O–H groups in total. The van der Waals surface area contributed by atoms with E-state index in [2.05, 4.69) is 19.8 Å². The van der Waals surface area contributed by atoms with Gasteiger partial charge in [0, 0.05) is 50.2 Å². The number of benzene rings is 2. The van der Waals surface area contributed by atoms with Gasteiger partial charge in [-0.3, -0.25) is 14.5 Å². The first-order valence-corrected chi connectivity index (χ1v) is 20.3. The molecule has 274 valence electrons. The van der Waals surface area contributed by atoms with Crippen LogP contribution in [0.4, 0.5) is 5.69 Å². The Bertz CT molecular complexity index is 1650. The smallest absolute Gasteiger partial charge is 0.264 e. The normalized spacial score (nSPS) is 29.5. The molecule has 3 aliphatic heterocycles. The van der Waals surface area contributed by atoms with Crippen molar-refractivity contribution >= 4 is 39.1 Å². The van der Waals surface area contributed by atoms with Crippen molar-refractivity contribution in [1.82, 2.24) is 14.9 Å². The van der Waals surface area contributed by atoms with Crippen LogP contribution in [0.1, 0.15) is 87.2 Å². The lowest BCUT2D eigenvalue weighted by Crippen LogP contribution is -2.65. The second kappa shape index (κ2) is 15.8. The van der Waals surface area contributed by atoms with Crippen molar-refractivity contribution in [1.29, 1.82) is 0 Å². The standard InChI is InChI=1S/C38H53ClN4O6S/c1-26-7-6-15-38(40-28(3)44,25-42-17-19-48-20-18-42)34-13-10-31(34)23-43-16-5-4-8-29-21-33(39)12-9-32(29)24-49-36-14-11-30(22-35(36)43)37(45)41-50(46,47)27(26)2/h9,11-12,14,21-22,26-27,31,34H,4-8,10,13,15-20,23-25H2,1-3H3,(H,40,44)(H,41,45)/t26-,27+,31-,34+,38+/m0/s1. The van der Waals surface area contributed by atoms with E-state index in [9.17, 15) is 18.0 Å². The molecular weight excluding hydrogens is 676 g/mol. The van der Waals surface area contributed by atoms with Crippen LogP contribution in [0.25, 0.3) is 0 Å². The van der Waals surface area contributed by atoms with Gasteiger partial charge in [0.2, 0.25) is 15.9 Å². The van der Waals surface area contributed by atoms with E-state index in [1.807, 2.05) is 25.1 Å². The predicted molar refractivity (Wildman–Crippen MR) is 196 cm³/mol. The molecule has 6 rings (SSSR count). The van der Waals surface area contributed by atoms with Gasteiger partial charge in [0.1, 0.15) is 12.4 Å². The third kappa shape index (κ3) is 8.43. The molecule has 4 aliphatic rings. The first-order chi connectivity index (χ1) is 23.9. The van der Waals surface area contributed by atoms with Crippen LogP contribution in [0.15, 0.2) is 36.4 Å². The minimum Gasteiger partial charge on any atom is -0.487 e. The summed E-state index contributed by atoms with van der Waals surface area (Å²) in [6.07, 6.45) is 6.95. The van der Waals surface area contributed by atoms with Crippen LogP contribution in [0.3, 0.4) is 0 Å². The Hall–Kier alpha value is -2.86. The van der Waals surface area contributed by atoms with E-state index in [1.165, 1.54) is 5.56 Å². The van der Waals surface area contributed by atoms with Gasteiger partial charge >= 0.3 is 0 Å². The Morgan fingerprint density at radius 2 is 1.82 bits per heavy atom. The lowest BCUT2D eigenvalue weighted by Gasteiger charge is -2.54. The van der Waals surface area contributed by atoms with E-state index in [1.54, 1.807) is 32.0 Å². The predicted octanol–water partition coefficient (Wildman–Crippen LogP) is 5.56. The number of hydrogen-bond acceptors (Lipinski definition) is 8. The number of fused-ring (bicyclic) bond motifs is 3. The molecule has 0 spiro atoms. The number of sulfonamides is 1. The summed E-state index contributed by atoms with van der Waals surface area (Å²) < 4.78 is 41.7. The summed E-state index contributed by atoms with van der Waals surface area (Å²) in [6, 6.07) is 11.2. The van der Waals surface area contributed by atoms with Crippen LogP contribution in [-0.2, 0) is 32.6 Å². The number of morpholine rings is 1. The van der Waals surface area contributed by atoms with Gasteiger partial charge in [-0.25, -0.2) is 13.1 Å². The lowest BCUT2D eigenvalue weighted by molar-refractivity contribution is -0.124. The van der Waals surface area contributed by atoms with Crippen molar-refractivity contribution in [2.24, 2.45) is 17.8 Å². The Balaban J connectivity index is 1.41. The van der Waals surface area contributed by atoms with Gasteiger partial charge in [0.05, 0.1) is 29.7 Å². The summed E-state index contributed by atoms with van der Waals surface area (Å²) >= 11 is 6.38. The van der Waals surface area contributed by atoms with E-state index < -0.39 is 26.7 Å². The molecule has 3 heterocycles. The topological polar surface area (TPSA) is 117 Å². The van der Waals surface area contributed by atoms with Crippen LogP contribution < -0.4 is 19.7 Å². The Morgan fingerprint density at radius 3 is 2.56 bits per heavy atom. The number of carbonyl (C=O) groups is 2. The summed E-state index contributed by atoms with van der Waals surface area (Å²) in [5, 5.41) is 3.43. The number of rotatable bonds is 3. The highest BCUT2D eigenvalue weighted by molar-refractivity contribution is 7.90. The zero-order valence-electron chi connectivity index (χ0n) is 29.7. The fraction of sp³-hybridized carbons (Fsp3) is 0.632. The number of amides is 2. The highest BCUT2D eigenvalue weighted by Gasteiger charge is 2.49. The highest BCUT2D eigenvalue weighted by Crippen LogP contribution is 2.47. The number of nitrogens with one attached hydrogen (secondary N) is 2. The van der Waals surface area contributed by atoms with E-state index in [0.29, 0.717) is 42.9 Å². The highest BCUT2D eigenvalue weighted by atomic mass is 35.5. The molecule has 1 aliphatic carbocycles. The zero-order valence-corrected chi connectivity index (χ0v) is 31.3. The van der Waals surface area contributed by atoms with Gasteiger partial charge in [-0.1, -0.05) is 31.0 Å². The Morgan fingerprint density at radius 1 is 1.02 bits per heavy atom. The average molecular weight is 729 g/mol. The Kier molecular flexibility index (Phi) is 11.7. The maximum Gasteiger partial charge on any atom is 0.264 e. The van der Waals surface area contributed by atoms with Crippen molar-refractivity contribution in [2.75, 3.05) is 50.8 Å². The summed E-state index contributed by atoms with van der Waals surface area (Å²) in [5.41, 5.74) is 2.84. The minimum atomic E-state index is -3.96. The summed E-state index contributed by atoms with van der Waals surface area (Å²) in [4.78, 5) is 31.3. The van der Waals surface area contributed by atoms with Crippen LogP contribution in [0, 0.1) is 17.8 Å². The quantitative estimate of drug-likeness (QED) is 0.422. The number of carbonyl (C=O) groups excluding carboxylic acids is 2. The van der Waals surface area contributed by atoms with Gasteiger partial charge < -0.3 is 19.7 Å². The molecule has 12 heteroatoms. The third-order valence-corrected chi connectivity index (χ3v) is 13.8. The Labute approximate surface area is 302 Å². The van der Waals surface area contributed by atoms with Gasteiger partial charge in [-0.05, 0) is 111 Å². The molecule has 1 saturated carbocycles. The monoisotopic (exact) mass is 728 g/mol. The van der Waals surface area contributed by atoms with Crippen LogP contribution >= 0.6 is 11.6 Å². The number of aryl methyl sites for hydroxylation is 1. The van der Waals surface area contributed by atoms with Crippen molar-refractivity contribution in [2.45, 2.75) is 89.5 Å². The maximum absolute atomic E-state index is 13.6. The average Bonchev–Trinajstić information content (AvgIpc) is 3.09. The molecule has 10 nitrogen and oxygen atoms in total. The molecule has 0 radical (unpaired) electrons. The van der Waals surface area contributed by atoms with Gasteiger partial charge in [0.25, 0.3) is 5.91 Å². The van der Waals surface area contributed by atoms with Gasteiger partial charge in [-0.2, -0.15) is 0 Å². The van der Waals surface area contributed by atoms with Gasteiger partial charge in [0.15, 0.2) is 0 Å². The molecule has 50 heavy (non-hydrogen) atoms. The molecule has 0 aromatic heterocycles. The molecule has 5 atom stereocenters. The second-order valence-electron chi connectivity index (χ2n) is 15.0. The zero-order chi connectivity index (χ0) is 35.5. The first kappa shape index (κ1) is 36.9. The SMILES string of the molecule is CC(=O)N[C@@]1(CN2CCOCC2)CCC[C@H](C)[C@@H](C)S(=O)(=O)NC(=O)c2ccc3c(c2)N(CCCCc2cc(Cl)ccc2CO3)C[C@@H]2CC[C@H]21. The largest absolute Gasteiger partial charge is 0.487 e. The molecule has 1 saturated heterocycles. The van der Waals surface area contributed by atoms with Crippen molar-refractivity contribution in [3.8, 4) is 5.75 Å². The van der Waals surface area contributed by atoms with E-state index >= 15 is 0 Å². The summed E-state index contributed by atoms with van der Waals surface area (Å²) in [6.45, 7) is 10.8. The van der Waals surface area contributed by atoms with E-state index in [0.717, 1.165) is 88.9 Å². The molecular formula is C38H53ClN4O6S. The third-order valence-electron chi connectivity index (χ3n) is 11.7. The number of ether oxygens (including phenoxy) is 2. The fourth-order valence-corrected chi connectivity index (χ4v) is 10.0. The number of nitrogens with zero attached hydrogens (tertiary/aromatic N) is 2. The number of anilines is 1. The van der Waals surface area contributed by atoms with Crippen LogP contribution in [0.2, 0.25) is 5.02 Å². The summed E-state index contributed by atoms with van der Waals surface area (Å²) in [7, 11) is -3.96. The molecule has 2 bridgehead atoms. The summed E-state index contributed by atoms with van der Waals surface area (Å²) in [5.74, 6) is 0.316. The van der Waals surface area contributed by atoms with E-state index in [4.69, 9.17) is 21.1 Å². The molecule has 2 aromatic carbocycles. The number of halogens is 1. The molecule has 2 aromatic rings. The van der Waals surface area contributed by atoms with Crippen molar-refractivity contribution in [3.05, 3.63) is 58.1 Å². The second-order valence-corrected chi connectivity index (χ2v) is 17.5. The molecule has 2 fully saturated rings. The maximum atomic E-state index is 13.6. The fourth-order valence-electron chi connectivity index (χ4n) is 8.52. The molecule has 2 amide bonds. The molecule has 0 unspecified atom stereocenters. The first-order valence-electron chi connectivity index (χ1n) is 18.4. The van der Waals surface area contributed by atoms with Crippen LogP contribution in [-0.4, -0.2) is 81.9 Å². The minimum absolute atomic E-state index is 0.0386. The van der Waals surface area contributed by atoms with Crippen molar-refractivity contribution in [3.63, 3.8) is 0 Å². The lowest BCUT2D eigenvalue weighted by atomic mass is 9.61. The number of hydrogen-bond donors (Lipinski definition) is 2. The van der Waals surface area contributed by atoms with Crippen molar-refractivity contribution < 1.29 is 27.5 Å². The van der Waals surface area contributed by atoms with E-state index in [-0.39, 0.29) is 23.3 Å². The van der Waals surface area contributed by atoms with Crippen LogP contribution in [0.5, 0.6) is 5.75 Å². The van der Waals surface area contributed by atoms with Gasteiger partial charge in [-0.15, -0.1) is 0 Å².